The van der Waals surface area contributed by atoms with Gasteiger partial charge in [0.15, 0.2) is 11.0 Å². The fraction of sp³-hybridized carbons (Fsp3) is 0.0690. The largest absolute Gasteiger partial charge is 0.467 e. The second-order valence-corrected chi connectivity index (χ2v) is 10.2. The predicted molar refractivity (Wildman–Crippen MR) is 148 cm³/mol. The molecule has 0 saturated heterocycles. The van der Waals surface area contributed by atoms with E-state index in [9.17, 15) is 0 Å². The number of benzene rings is 3. The van der Waals surface area contributed by atoms with Crippen molar-refractivity contribution in [1.82, 2.24) is 19.7 Å². The van der Waals surface area contributed by atoms with Crippen LogP contribution in [0.15, 0.2) is 117 Å². The number of halogens is 1. The third kappa shape index (κ3) is 4.72. The van der Waals surface area contributed by atoms with Crippen molar-refractivity contribution < 1.29 is 4.42 Å². The molecule has 3 aromatic heterocycles. The van der Waals surface area contributed by atoms with Gasteiger partial charge in [-0.3, -0.25) is 4.57 Å². The maximum Gasteiger partial charge on any atom is 0.192 e. The standard InChI is InChI=1S/C29H21BrN4OS/c30-22-14-12-20(13-15-22)19-36-29-33-32-28(34(29)18-23-9-6-16-35-23)25-17-27(21-7-2-1-3-8-21)31-26-11-5-4-10-24(25)26/h1-17H,18-19H2. The van der Waals surface area contributed by atoms with Crippen LogP contribution in [0.2, 0.25) is 0 Å². The first kappa shape index (κ1) is 22.8. The highest BCUT2D eigenvalue weighted by molar-refractivity contribution is 9.10. The van der Waals surface area contributed by atoms with Crippen molar-refractivity contribution in [2.75, 3.05) is 0 Å². The summed E-state index contributed by atoms with van der Waals surface area (Å²) in [5, 5.41) is 11.2. The first-order chi connectivity index (χ1) is 17.7. The molecule has 7 heteroatoms. The molecule has 0 radical (unpaired) electrons. The number of aromatic nitrogens is 4. The van der Waals surface area contributed by atoms with Crippen LogP contribution in [0.25, 0.3) is 33.5 Å². The van der Waals surface area contributed by atoms with Crippen LogP contribution in [0.5, 0.6) is 0 Å². The molecule has 6 aromatic rings. The zero-order valence-corrected chi connectivity index (χ0v) is 21.6. The molecule has 0 aliphatic rings. The Morgan fingerprint density at radius 2 is 1.64 bits per heavy atom. The van der Waals surface area contributed by atoms with Crippen LogP contribution < -0.4 is 0 Å². The molecule has 0 saturated carbocycles. The van der Waals surface area contributed by atoms with Gasteiger partial charge in [0, 0.05) is 26.7 Å². The molecule has 0 bridgehead atoms. The lowest BCUT2D eigenvalue weighted by Crippen LogP contribution is -2.04. The summed E-state index contributed by atoms with van der Waals surface area (Å²) in [7, 11) is 0. The lowest BCUT2D eigenvalue weighted by atomic mass is 10.0. The summed E-state index contributed by atoms with van der Waals surface area (Å²) in [5.41, 5.74) is 5.10. The normalized spacial score (nSPS) is 11.2. The SMILES string of the molecule is Brc1ccc(CSc2nnc(-c3cc(-c4ccccc4)nc4ccccc34)n2Cc2ccco2)cc1. The van der Waals surface area contributed by atoms with Gasteiger partial charge < -0.3 is 4.42 Å². The van der Waals surface area contributed by atoms with Gasteiger partial charge in [0.05, 0.1) is 24.0 Å². The average Bonchev–Trinajstić information content (AvgIpc) is 3.59. The van der Waals surface area contributed by atoms with Crippen LogP contribution >= 0.6 is 27.7 Å². The van der Waals surface area contributed by atoms with Crippen molar-refractivity contribution in [1.29, 1.82) is 0 Å². The number of furan rings is 1. The molecule has 0 unspecified atom stereocenters. The molecule has 36 heavy (non-hydrogen) atoms. The van der Waals surface area contributed by atoms with E-state index in [1.807, 2.05) is 48.5 Å². The van der Waals surface area contributed by atoms with Gasteiger partial charge in [-0.25, -0.2) is 4.98 Å². The molecule has 3 aromatic carbocycles. The summed E-state index contributed by atoms with van der Waals surface area (Å²) >= 11 is 5.18. The molecule has 176 valence electrons. The quantitative estimate of drug-likeness (QED) is 0.189. The van der Waals surface area contributed by atoms with E-state index in [-0.39, 0.29) is 0 Å². The Labute approximate surface area is 221 Å². The van der Waals surface area contributed by atoms with Gasteiger partial charge in [-0.2, -0.15) is 0 Å². The highest BCUT2D eigenvalue weighted by atomic mass is 79.9. The summed E-state index contributed by atoms with van der Waals surface area (Å²) in [5.74, 6) is 2.43. The van der Waals surface area contributed by atoms with Crippen molar-refractivity contribution in [3.63, 3.8) is 0 Å². The van der Waals surface area contributed by atoms with E-state index in [1.54, 1.807) is 18.0 Å². The summed E-state index contributed by atoms with van der Waals surface area (Å²) in [6.07, 6.45) is 1.70. The molecular formula is C29H21BrN4OS. The lowest BCUT2D eigenvalue weighted by Gasteiger charge is -2.12. The highest BCUT2D eigenvalue weighted by Gasteiger charge is 2.19. The smallest absolute Gasteiger partial charge is 0.192 e. The Kier molecular flexibility index (Phi) is 6.40. The van der Waals surface area contributed by atoms with Gasteiger partial charge >= 0.3 is 0 Å². The van der Waals surface area contributed by atoms with E-state index in [0.717, 1.165) is 54.7 Å². The number of para-hydroxylation sites is 1. The Morgan fingerprint density at radius 1 is 0.833 bits per heavy atom. The molecule has 0 atom stereocenters. The molecule has 0 aliphatic heterocycles. The average molecular weight is 553 g/mol. The molecule has 0 N–H and O–H groups in total. The Morgan fingerprint density at radius 3 is 2.44 bits per heavy atom. The van der Waals surface area contributed by atoms with Crippen LogP contribution in [0.1, 0.15) is 11.3 Å². The van der Waals surface area contributed by atoms with Gasteiger partial charge in [-0.05, 0) is 42.0 Å². The molecular weight excluding hydrogens is 532 g/mol. The molecule has 6 rings (SSSR count). The van der Waals surface area contributed by atoms with Gasteiger partial charge in [0.1, 0.15) is 5.76 Å². The van der Waals surface area contributed by atoms with Crippen molar-refractivity contribution >= 4 is 38.6 Å². The van der Waals surface area contributed by atoms with Crippen LogP contribution in [-0.4, -0.2) is 19.7 Å². The molecule has 3 heterocycles. The Hall–Kier alpha value is -3.68. The zero-order valence-electron chi connectivity index (χ0n) is 19.2. The fourth-order valence-electron chi connectivity index (χ4n) is 4.14. The number of pyridine rings is 1. The van der Waals surface area contributed by atoms with Crippen molar-refractivity contribution in [3.8, 4) is 22.6 Å². The molecule has 0 aliphatic carbocycles. The number of rotatable bonds is 7. The van der Waals surface area contributed by atoms with Crippen LogP contribution in [-0.2, 0) is 12.3 Å². The topological polar surface area (TPSA) is 56.7 Å². The monoisotopic (exact) mass is 552 g/mol. The maximum absolute atomic E-state index is 5.71. The summed E-state index contributed by atoms with van der Waals surface area (Å²) in [4.78, 5) is 4.94. The van der Waals surface area contributed by atoms with Crippen LogP contribution in [0.4, 0.5) is 0 Å². The van der Waals surface area contributed by atoms with E-state index >= 15 is 0 Å². The highest BCUT2D eigenvalue weighted by Crippen LogP contribution is 2.34. The summed E-state index contributed by atoms with van der Waals surface area (Å²) < 4.78 is 8.91. The van der Waals surface area contributed by atoms with Crippen molar-refractivity contribution in [2.45, 2.75) is 17.5 Å². The molecule has 5 nitrogen and oxygen atoms in total. The molecule has 0 spiro atoms. The van der Waals surface area contributed by atoms with E-state index in [4.69, 9.17) is 14.5 Å². The second-order valence-electron chi connectivity index (χ2n) is 8.33. The molecule has 0 amide bonds. The minimum atomic E-state index is 0.537. The minimum absolute atomic E-state index is 0.537. The third-order valence-corrected chi connectivity index (χ3v) is 7.49. The number of thioether (sulfide) groups is 1. The first-order valence-electron chi connectivity index (χ1n) is 11.5. The van der Waals surface area contributed by atoms with Gasteiger partial charge in [0.25, 0.3) is 0 Å². The Balaban J connectivity index is 1.46. The third-order valence-electron chi connectivity index (χ3n) is 5.92. The van der Waals surface area contributed by atoms with E-state index in [2.05, 4.69) is 74.1 Å². The fourth-order valence-corrected chi connectivity index (χ4v) is 5.30. The number of hydrogen-bond donors (Lipinski definition) is 0. The number of nitrogens with zero attached hydrogens (tertiary/aromatic N) is 4. The molecule has 0 fully saturated rings. The first-order valence-corrected chi connectivity index (χ1v) is 13.3. The Bertz CT molecular complexity index is 1610. The van der Waals surface area contributed by atoms with Crippen LogP contribution in [0, 0.1) is 0 Å². The lowest BCUT2D eigenvalue weighted by molar-refractivity contribution is 0.485. The van der Waals surface area contributed by atoms with E-state index < -0.39 is 0 Å². The van der Waals surface area contributed by atoms with E-state index in [0.29, 0.717) is 6.54 Å². The predicted octanol–water partition coefficient (Wildman–Crippen LogP) is 7.86. The van der Waals surface area contributed by atoms with Crippen molar-refractivity contribution in [3.05, 3.63) is 119 Å². The summed E-state index contributed by atoms with van der Waals surface area (Å²) in [6, 6.07) is 32.8. The zero-order chi connectivity index (χ0) is 24.3. The van der Waals surface area contributed by atoms with E-state index in [1.165, 1.54) is 5.56 Å². The van der Waals surface area contributed by atoms with Gasteiger partial charge in [-0.1, -0.05) is 88.4 Å². The number of hydrogen-bond acceptors (Lipinski definition) is 5. The van der Waals surface area contributed by atoms with Crippen LogP contribution in [0.3, 0.4) is 0 Å². The number of fused-ring (bicyclic) bond motifs is 1. The second kappa shape index (κ2) is 10.1. The van der Waals surface area contributed by atoms with Crippen molar-refractivity contribution in [2.24, 2.45) is 0 Å². The van der Waals surface area contributed by atoms with Gasteiger partial charge in [-0.15, -0.1) is 10.2 Å². The van der Waals surface area contributed by atoms with Gasteiger partial charge in [0.2, 0.25) is 0 Å². The summed E-state index contributed by atoms with van der Waals surface area (Å²) in [6.45, 7) is 0.537. The minimum Gasteiger partial charge on any atom is -0.467 e. The maximum atomic E-state index is 5.71.